The van der Waals surface area contributed by atoms with E-state index >= 15 is 0 Å². The molecule has 0 aliphatic heterocycles. The molecule has 0 aromatic carbocycles. The lowest BCUT2D eigenvalue weighted by Gasteiger charge is -2.41. The van der Waals surface area contributed by atoms with Gasteiger partial charge in [0.15, 0.2) is 0 Å². The van der Waals surface area contributed by atoms with E-state index < -0.39 is 0 Å². The van der Waals surface area contributed by atoms with Gasteiger partial charge in [0, 0.05) is 24.7 Å². The normalized spacial score (nSPS) is 40.0. The van der Waals surface area contributed by atoms with Gasteiger partial charge in [0.05, 0.1) is 0 Å². The molecule has 0 aromatic heterocycles. The maximum atomic E-state index is 13.6. The molecule has 10 atom stereocenters. The van der Waals surface area contributed by atoms with Crippen LogP contribution in [0.3, 0.4) is 0 Å². The molecule has 0 amide bonds. The van der Waals surface area contributed by atoms with Crippen LogP contribution in [0.4, 0.5) is 0 Å². The van der Waals surface area contributed by atoms with Crippen molar-refractivity contribution in [3.05, 3.63) is 12.2 Å². The van der Waals surface area contributed by atoms with Gasteiger partial charge in [0.1, 0.15) is 11.6 Å². The maximum absolute atomic E-state index is 13.6. The van der Waals surface area contributed by atoms with Crippen LogP contribution in [0.1, 0.15) is 91.9 Å². The number of ketones is 2. The number of carbonyl (C=O) groups excluding carboxylic acids is 2. The molecule has 3 fully saturated rings. The number of unbranched alkanes of at least 4 members (excludes halogenated alkanes) is 2. The Hall–Kier alpha value is -0.920. The van der Waals surface area contributed by atoms with Crippen molar-refractivity contribution in [2.24, 2.45) is 59.2 Å². The first-order chi connectivity index (χ1) is 14.5. The number of carbonyl (C=O) groups is 2. The maximum Gasteiger partial charge on any atom is 0.137 e. The second-order valence-electron chi connectivity index (χ2n) is 11.6. The van der Waals surface area contributed by atoms with Crippen LogP contribution >= 0.6 is 0 Å². The molecule has 4 aliphatic rings. The number of rotatable bonds is 12. The van der Waals surface area contributed by atoms with Gasteiger partial charge >= 0.3 is 0 Å². The summed E-state index contributed by atoms with van der Waals surface area (Å²) in [6.07, 6.45) is 15.9. The molecule has 2 heteroatoms. The molecule has 4 aliphatic carbocycles. The van der Waals surface area contributed by atoms with E-state index in [-0.39, 0.29) is 11.8 Å². The summed E-state index contributed by atoms with van der Waals surface area (Å²) in [7, 11) is 0. The molecule has 0 aromatic rings. The molecule has 4 rings (SSSR count). The molecule has 0 saturated heterocycles. The monoisotopic (exact) mass is 412 g/mol. The fraction of sp³-hybridized carbons (Fsp3) is 0.857. The Balaban J connectivity index is 1.51. The third-order valence-electron chi connectivity index (χ3n) is 9.37. The van der Waals surface area contributed by atoms with Crippen molar-refractivity contribution in [1.29, 1.82) is 0 Å². The van der Waals surface area contributed by atoms with E-state index in [4.69, 9.17) is 0 Å². The Labute approximate surface area is 184 Å². The standard InChI is InChI=1S/C28H44O2/c1-5-7-9-17(3)13-23(29)27-21-16-22(26-20-12-11-19(15-20)25(21)26)28(27)24(30)14-18(4)10-8-6-2/h11-12,17-22,25-28H,5-10,13-16H2,1-4H3. The lowest BCUT2D eigenvalue weighted by molar-refractivity contribution is -0.138. The first kappa shape index (κ1) is 22.3. The minimum absolute atomic E-state index is 0.0407. The molecule has 0 N–H and O–H groups in total. The van der Waals surface area contributed by atoms with Crippen LogP contribution < -0.4 is 0 Å². The summed E-state index contributed by atoms with van der Waals surface area (Å²) in [4.78, 5) is 27.2. The minimum atomic E-state index is 0.0407. The van der Waals surface area contributed by atoms with Gasteiger partial charge in [-0.15, -0.1) is 0 Å². The largest absolute Gasteiger partial charge is 0.299 e. The first-order valence-electron chi connectivity index (χ1n) is 13.2. The summed E-state index contributed by atoms with van der Waals surface area (Å²) in [6, 6.07) is 0. The Morgan fingerprint density at radius 1 is 0.767 bits per heavy atom. The van der Waals surface area contributed by atoms with Crippen LogP contribution in [-0.2, 0) is 9.59 Å². The number of Topliss-reactive ketones (excluding diaryl/α,β-unsaturated/α-hetero) is 2. The fourth-order valence-corrected chi connectivity index (χ4v) is 8.18. The number of fused-ring (bicyclic) bond motifs is 9. The van der Waals surface area contributed by atoms with Gasteiger partial charge in [-0.05, 0) is 60.2 Å². The minimum Gasteiger partial charge on any atom is -0.299 e. The summed E-state index contributed by atoms with van der Waals surface area (Å²) in [5.74, 6) is 5.67. The van der Waals surface area contributed by atoms with Crippen molar-refractivity contribution in [3.63, 3.8) is 0 Å². The third kappa shape index (κ3) is 3.97. The highest BCUT2D eigenvalue weighted by molar-refractivity contribution is 5.91. The Morgan fingerprint density at radius 2 is 1.20 bits per heavy atom. The third-order valence-corrected chi connectivity index (χ3v) is 9.37. The van der Waals surface area contributed by atoms with Crippen molar-refractivity contribution in [1.82, 2.24) is 0 Å². The van der Waals surface area contributed by atoms with E-state index in [0.29, 0.717) is 71.8 Å². The van der Waals surface area contributed by atoms with E-state index in [1.54, 1.807) is 0 Å². The van der Waals surface area contributed by atoms with Crippen LogP contribution in [0.5, 0.6) is 0 Å². The molecular weight excluding hydrogens is 368 g/mol. The summed E-state index contributed by atoms with van der Waals surface area (Å²) in [5, 5.41) is 0. The zero-order chi connectivity index (χ0) is 21.4. The van der Waals surface area contributed by atoms with E-state index in [9.17, 15) is 9.59 Å². The van der Waals surface area contributed by atoms with Crippen molar-refractivity contribution in [2.45, 2.75) is 91.9 Å². The quantitative estimate of drug-likeness (QED) is 0.259. The van der Waals surface area contributed by atoms with E-state index in [1.165, 1.54) is 32.1 Å². The molecule has 2 nitrogen and oxygen atoms in total. The molecule has 0 radical (unpaired) electrons. The van der Waals surface area contributed by atoms with E-state index in [1.807, 2.05) is 0 Å². The molecule has 0 heterocycles. The van der Waals surface area contributed by atoms with Crippen LogP contribution in [0.15, 0.2) is 12.2 Å². The van der Waals surface area contributed by atoms with E-state index in [0.717, 1.165) is 19.3 Å². The topological polar surface area (TPSA) is 34.1 Å². The highest BCUT2D eigenvalue weighted by Gasteiger charge is 2.66. The van der Waals surface area contributed by atoms with Crippen molar-refractivity contribution in [3.8, 4) is 0 Å². The smallest absolute Gasteiger partial charge is 0.137 e. The second-order valence-corrected chi connectivity index (χ2v) is 11.6. The van der Waals surface area contributed by atoms with Crippen LogP contribution in [0, 0.1) is 59.2 Å². The molecule has 30 heavy (non-hydrogen) atoms. The van der Waals surface area contributed by atoms with Gasteiger partial charge in [0.25, 0.3) is 0 Å². The number of allylic oxidation sites excluding steroid dienone is 2. The molecule has 3 saturated carbocycles. The Morgan fingerprint density at radius 3 is 1.60 bits per heavy atom. The zero-order valence-electron chi connectivity index (χ0n) is 19.8. The average molecular weight is 413 g/mol. The summed E-state index contributed by atoms with van der Waals surface area (Å²) in [6.45, 7) is 8.93. The van der Waals surface area contributed by atoms with Gasteiger partial charge in [0.2, 0.25) is 0 Å². The van der Waals surface area contributed by atoms with Gasteiger partial charge in [-0.25, -0.2) is 0 Å². The fourth-order valence-electron chi connectivity index (χ4n) is 8.18. The molecule has 0 spiro atoms. The lowest BCUT2D eigenvalue weighted by Crippen LogP contribution is -2.44. The summed E-state index contributed by atoms with van der Waals surface area (Å²) >= 11 is 0. The van der Waals surface area contributed by atoms with Crippen molar-refractivity contribution < 1.29 is 9.59 Å². The Kier molecular flexibility index (Phi) is 6.90. The van der Waals surface area contributed by atoms with Crippen molar-refractivity contribution >= 4 is 11.6 Å². The van der Waals surface area contributed by atoms with E-state index in [2.05, 4.69) is 39.8 Å². The molecule has 168 valence electrons. The van der Waals surface area contributed by atoms with Gasteiger partial charge < -0.3 is 0 Å². The van der Waals surface area contributed by atoms with Crippen molar-refractivity contribution in [2.75, 3.05) is 0 Å². The van der Waals surface area contributed by atoms with Gasteiger partial charge in [-0.1, -0.05) is 78.4 Å². The van der Waals surface area contributed by atoms with Crippen LogP contribution in [-0.4, -0.2) is 11.6 Å². The first-order valence-corrected chi connectivity index (χ1v) is 13.2. The molecular formula is C28H44O2. The zero-order valence-corrected chi connectivity index (χ0v) is 19.8. The summed E-state index contributed by atoms with van der Waals surface area (Å²) < 4.78 is 0. The van der Waals surface area contributed by atoms with Gasteiger partial charge in [-0.3, -0.25) is 9.59 Å². The Bertz CT molecular complexity index is 610. The average Bonchev–Trinajstić information content (AvgIpc) is 3.48. The molecule has 4 bridgehead atoms. The molecule has 10 unspecified atom stereocenters. The highest BCUT2D eigenvalue weighted by atomic mass is 16.1. The second kappa shape index (κ2) is 9.29. The van der Waals surface area contributed by atoms with Crippen LogP contribution in [0.25, 0.3) is 0 Å². The lowest BCUT2D eigenvalue weighted by atomic mass is 9.61. The SMILES string of the molecule is CCCCC(C)CC(=O)C1C2CC(C1C(=O)CC(C)CCCC)C1C3C=CC(C3)C21. The summed E-state index contributed by atoms with van der Waals surface area (Å²) in [5.41, 5.74) is 0. The highest BCUT2D eigenvalue weighted by Crippen LogP contribution is 2.69. The predicted molar refractivity (Wildman–Crippen MR) is 123 cm³/mol. The predicted octanol–water partition coefficient (Wildman–Crippen LogP) is 6.88. The number of hydrogen-bond acceptors (Lipinski definition) is 2. The van der Waals surface area contributed by atoms with Gasteiger partial charge in [-0.2, -0.15) is 0 Å². The number of hydrogen-bond donors (Lipinski definition) is 0. The van der Waals surface area contributed by atoms with Crippen LogP contribution in [0.2, 0.25) is 0 Å².